The number of ether oxygens (including phenoxy) is 1. The lowest BCUT2D eigenvalue weighted by Crippen LogP contribution is -2.35. The maximum Gasteiger partial charge on any atom is 0.282 e. The number of nitrogens with zero attached hydrogens (tertiary/aromatic N) is 3. The lowest BCUT2D eigenvalue weighted by atomic mass is 10.1. The minimum absolute atomic E-state index is 0.0235. The number of carbonyl (C=O) groups is 2. The molecular weight excluding hydrogens is 484 g/mol. The van der Waals surface area contributed by atoms with Gasteiger partial charge in [-0.2, -0.15) is 0 Å². The predicted molar refractivity (Wildman–Crippen MR) is 143 cm³/mol. The Morgan fingerprint density at radius 1 is 0.921 bits per heavy atom. The lowest BCUT2D eigenvalue weighted by Gasteiger charge is -2.13. The number of anilines is 1. The maximum atomic E-state index is 13.0. The Morgan fingerprint density at radius 3 is 2.37 bits per heavy atom. The molecule has 1 N–H and O–H groups in total. The summed E-state index contributed by atoms with van der Waals surface area (Å²) in [5, 5.41) is 12.2. The van der Waals surface area contributed by atoms with Gasteiger partial charge in [-0.15, -0.1) is 0 Å². The van der Waals surface area contributed by atoms with Crippen LogP contribution in [0.2, 0.25) is 0 Å². The minimum atomic E-state index is -0.450. The van der Waals surface area contributed by atoms with Gasteiger partial charge in [-0.1, -0.05) is 30.3 Å². The zero-order chi connectivity index (χ0) is 26.8. The Hall–Kier alpha value is -5.18. The highest BCUT2D eigenvalue weighted by molar-refractivity contribution is 6.31. The normalized spacial score (nSPS) is 14.2. The van der Waals surface area contributed by atoms with E-state index in [4.69, 9.17) is 4.74 Å². The van der Waals surface area contributed by atoms with E-state index >= 15 is 0 Å². The van der Waals surface area contributed by atoms with Gasteiger partial charge in [-0.3, -0.25) is 25.1 Å². The molecule has 0 spiro atoms. The number of rotatable bonds is 7. The van der Waals surface area contributed by atoms with Crippen molar-refractivity contribution in [2.24, 2.45) is 0 Å². The van der Waals surface area contributed by atoms with Crippen LogP contribution in [-0.4, -0.2) is 21.3 Å². The molecule has 5 rings (SSSR count). The lowest BCUT2D eigenvalue weighted by molar-refractivity contribution is -0.384. The summed E-state index contributed by atoms with van der Waals surface area (Å²) >= 11 is 0. The van der Waals surface area contributed by atoms with Crippen LogP contribution in [0.4, 0.5) is 11.4 Å². The molecule has 2 amide bonds. The van der Waals surface area contributed by atoms with Gasteiger partial charge >= 0.3 is 0 Å². The van der Waals surface area contributed by atoms with Gasteiger partial charge in [0.15, 0.2) is 0 Å². The summed E-state index contributed by atoms with van der Waals surface area (Å²) in [5.41, 5.74) is 7.47. The van der Waals surface area contributed by atoms with E-state index in [1.54, 1.807) is 42.5 Å². The fraction of sp³-hybridized carbons (Fsp3) is 0.103. The van der Waals surface area contributed by atoms with Crippen LogP contribution in [0.5, 0.6) is 5.75 Å². The summed E-state index contributed by atoms with van der Waals surface area (Å²) < 4.78 is 7.84. The number of amides is 2. The molecule has 3 aromatic carbocycles. The van der Waals surface area contributed by atoms with Gasteiger partial charge in [-0.05, 0) is 73.5 Å². The number of nitrogens with one attached hydrogen (secondary N) is 1. The Balaban J connectivity index is 1.34. The van der Waals surface area contributed by atoms with Crippen LogP contribution in [0.25, 0.3) is 11.8 Å². The van der Waals surface area contributed by atoms with Crippen molar-refractivity contribution in [3.8, 4) is 11.4 Å². The van der Waals surface area contributed by atoms with Crippen LogP contribution in [0.1, 0.15) is 22.5 Å². The Labute approximate surface area is 218 Å². The van der Waals surface area contributed by atoms with Gasteiger partial charge in [0.05, 0.1) is 10.6 Å². The molecular formula is C29H24N4O5. The van der Waals surface area contributed by atoms with Crippen molar-refractivity contribution in [1.82, 2.24) is 9.99 Å². The van der Waals surface area contributed by atoms with Crippen molar-refractivity contribution in [2.75, 3.05) is 5.01 Å². The number of nitro groups is 1. The van der Waals surface area contributed by atoms with Crippen molar-refractivity contribution in [3.63, 3.8) is 0 Å². The smallest absolute Gasteiger partial charge is 0.282 e. The van der Waals surface area contributed by atoms with Crippen LogP contribution in [0.15, 0.2) is 90.5 Å². The first kappa shape index (κ1) is 24.5. The summed E-state index contributed by atoms with van der Waals surface area (Å²) in [7, 11) is 0. The number of benzene rings is 3. The molecule has 38 heavy (non-hydrogen) atoms. The Kier molecular flexibility index (Phi) is 6.49. The molecule has 1 aromatic heterocycles. The zero-order valence-corrected chi connectivity index (χ0v) is 20.8. The van der Waals surface area contributed by atoms with E-state index in [0.717, 1.165) is 22.6 Å². The third-order valence-corrected chi connectivity index (χ3v) is 6.30. The van der Waals surface area contributed by atoms with Gasteiger partial charge < -0.3 is 9.30 Å². The summed E-state index contributed by atoms with van der Waals surface area (Å²) in [6.45, 7) is 4.09. The monoisotopic (exact) mass is 508 g/mol. The van der Waals surface area contributed by atoms with Gasteiger partial charge in [0.2, 0.25) is 0 Å². The predicted octanol–water partition coefficient (Wildman–Crippen LogP) is 5.04. The molecule has 9 nitrogen and oxygen atoms in total. The van der Waals surface area contributed by atoms with Crippen molar-refractivity contribution in [3.05, 3.63) is 123 Å². The first-order valence-corrected chi connectivity index (χ1v) is 11.9. The number of aryl methyl sites for hydroxylation is 1. The standard InChI is InChI=1S/C29H24N4O5/c1-19-15-22(17-27-28(34)30-32(29(27)35)24-8-4-3-5-9-24)20(2)31(19)23-11-13-26(14-12-23)38-18-21-7-6-10-25(16-21)33(36)37/h3-17H,18H2,1-2H3,(H,30,34)/b27-17-. The molecule has 2 heterocycles. The number of non-ortho nitro benzene ring substituents is 1. The number of para-hydroxylation sites is 1. The van der Waals surface area contributed by atoms with Gasteiger partial charge in [0.1, 0.15) is 17.9 Å². The van der Waals surface area contributed by atoms with E-state index in [1.807, 2.05) is 54.8 Å². The number of hydrogen-bond donors (Lipinski definition) is 1. The molecule has 0 saturated carbocycles. The van der Waals surface area contributed by atoms with Crippen LogP contribution in [-0.2, 0) is 16.2 Å². The highest BCUT2D eigenvalue weighted by Gasteiger charge is 2.34. The van der Waals surface area contributed by atoms with E-state index in [0.29, 0.717) is 17.0 Å². The van der Waals surface area contributed by atoms with E-state index < -0.39 is 16.7 Å². The molecule has 1 aliphatic heterocycles. The SMILES string of the molecule is Cc1cc(/C=C2/C(=O)NN(c3ccccc3)C2=O)c(C)n1-c1ccc(OCc2cccc([N+](=O)[O-])c2)cc1. The third kappa shape index (κ3) is 4.77. The highest BCUT2D eigenvalue weighted by atomic mass is 16.6. The molecule has 190 valence electrons. The summed E-state index contributed by atoms with van der Waals surface area (Å²) in [4.78, 5) is 36.1. The van der Waals surface area contributed by atoms with Gasteiger partial charge in [0.25, 0.3) is 17.5 Å². The largest absolute Gasteiger partial charge is 0.489 e. The minimum Gasteiger partial charge on any atom is -0.489 e. The van der Waals surface area contributed by atoms with Crippen molar-refractivity contribution >= 4 is 29.3 Å². The molecule has 0 atom stereocenters. The second kappa shape index (κ2) is 10.1. The number of hydrogen-bond acceptors (Lipinski definition) is 5. The fourth-order valence-electron chi connectivity index (χ4n) is 4.42. The van der Waals surface area contributed by atoms with E-state index in [9.17, 15) is 19.7 Å². The topological polar surface area (TPSA) is 107 Å². The van der Waals surface area contributed by atoms with Gasteiger partial charge in [0, 0.05) is 29.2 Å². The van der Waals surface area contributed by atoms with Crippen molar-refractivity contribution in [2.45, 2.75) is 20.5 Å². The number of nitro benzene ring substituents is 1. The number of aromatic nitrogens is 1. The fourth-order valence-corrected chi connectivity index (χ4v) is 4.42. The van der Waals surface area contributed by atoms with Crippen molar-refractivity contribution in [1.29, 1.82) is 0 Å². The molecule has 1 fully saturated rings. The quantitative estimate of drug-likeness (QED) is 0.163. The molecule has 0 aliphatic carbocycles. The average Bonchev–Trinajstić information content (AvgIpc) is 3.37. The maximum absolute atomic E-state index is 13.0. The molecule has 9 heteroatoms. The van der Waals surface area contributed by atoms with E-state index in [2.05, 4.69) is 5.43 Å². The van der Waals surface area contributed by atoms with Gasteiger partial charge in [-0.25, -0.2) is 5.01 Å². The molecule has 0 unspecified atom stereocenters. The van der Waals surface area contributed by atoms with E-state index in [1.165, 1.54) is 17.1 Å². The van der Waals surface area contributed by atoms with Crippen LogP contribution in [0.3, 0.4) is 0 Å². The van der Waals surface area contributed by atoms with E-state index in [-0.39, 0.29) is 17.9 Å². The summed E-state index contributed by atoms with van der Waals surface area (Å²) in [5.74, 6) is -0.232. The molecule has 4 aromatic rings. The second-order valence-corrected chi connectivity index (χ2v) is 8.85. The Morgan fingerprint density at radius 2 is 1.66 bits per heavy atom. The average molecular weight is 509 g/mol. The summed E-state index contributed by atoms with van der Waals surface area (Å²) in [6.07, 6.45) is 1.62. The second-order valence-electron chi connectivity index (χ2n) is 8.85. The molecule has 1 saturated heterocycles. The molecule has 0 radical (unpaired) electrons. The first-order valence-electron chi connectivity index (χ1n) is 11.9. The first-order chi connectivity index (χ1) is 18.3. The number of carbonyl (C=O) groups excluding carboxylic acids is 2. The Bertz CT molecular complexity index is 1570. The summed E-state index contributed by atoms with van der Waals surface area (Å²) in [6, 6.07) is 24.7. The molecule has 1 aliphatic rings. The highest BCUT2D eigenvalue weighted by Crippen LogP contribution is 2.27. The van der Waals surface area contributed by atoms with Crippen LogP contribution in [0, 0.1) is 24.0 Å². The van der Waals surface area contributed by atoms with Crippen LogP contribution >= 0.6 is 0 Å². The van der Waals surface area contributed by atoms with Crippen molar-refractivity contribution < 1.29 is 19.2 Å². The van der Waals surface area contributed by atoms with Crippen LogP contribution < -0.4 is 15.2 Å². The zero-order valence-electron chi connectivity index (χ0n) is 20.8. The molecule has 0 bridgehead atoms. The third-order valence-electron chi connectivity index (χ3n) is 6.30. The number of hydrazine groups is 1.